The van der Waals surface area contributed by atoms with Crippen LogP contribution in [0.25, 0.3) is 11.1 Å². The van der Waals surface area contributed by atoms with Gasteiger partial charge in [0.15, 0.2) is 0 Å². The van der Waals surface area contributed by atoms with Crippen molar-refractivity contribution in [3.63, 3.8) is 0 Å². The maximum atomic E-state index is 12.4. The van der Waals surface area contributed by atoms with Gasteiger partial charge in [-0.1, -0.05) is 54.1 Å². The van der Waals surface area contributed by atoms with Crippen molar-refractivity contribution in [2.45, 2.75) is 18.9 Å². The van der Waals surface area contributed by atoms with Gasteiger partial charge in [-0.05, 0) is 29.7 Å². The monoisotopic (exact) mass is 394 g/mol. The van der Waals surface area contributed by atoms with Gasteiger partial charge in [-0.3, -0.25) is 9.59 Å². The number of hydrogen-bond acceptors (Lipinski definition) is 3. The minimum atomic E-state index is -0.646. The number of nitrogens with one attached hydrogen (secondary N) is 2. The second kappa shape index (κ2) is 7.86. The molecular formula is C21H19ClN4O2. The number of amides is 2. The Morgan fingerprint density at radius 3 is 2.64 bits per heavy atom. The van der Waals surface area contributed by atoms with Crippen LogP contribution in [0.3, 0.4) is 0 Å². The number of anilines is 1. The van der Waals surface area contributed by atoms with E-state index in [9.17, 15) is 9.59 Å². The number of rotatable bonds is 6. The molecule has 1 aromatic heterocycles. The topological polar surface area (TPSA) is 76.0 Å². The van der Waals surface area contributed by atoms with E-state index in [4.69, 9.17) is 11.6 Å². The van der Waals surface area contributed by atoms with Crippen molar-refractivity contribution in [1.82, 2.24) is 15.1 Å². The third kappa shape index (κ3) is 3.77. The normalized spacial score (nSPS) is 15.2. The van der Waals surface area contributed by atoms with E-state index in [0.717, 1.165) is 23.1 Å². The molecule has 2 aromatic carbocycles. The largest absolute Gasteiger partial charge is 0.356 e. The van der Waals surface area contributed by atoms with E-state index in [1.54, 1.807) is 23.0 Å². The summed E-state index contributed by atoms with van der Waals surface area (Å²) in [5.74, 6) is 0.207. The van der Waals surface area contributed by atoms with Crippen molar-refractivity contribution in [3.8, 4) is 11.1 Å². The van der Waals surface area contributed by atoms with E-state index in [1.165, 1.54) is 0 Å². The Balaban J connectivity index is 1.41. The van der Waals surface area contributed by atoms with Gasteiger partial charge in [-0.25, -0.2) is 4.68 Å². The number of hydrogen-bond donors (Lipinski definition) is 2. The molecule has 0 spiro atoms. The van der Waals surface area contributed by atoms with E-state index in [2.05, 4.69) is 15.7 Å². The molecule has 1 atom stereocenters. The highest BCUT2D eigenvalue weighted by Gasteiger charge is 2.34. The van der Waals surface area contributed by atoms with Gasteiger partial charge in [0, 0.05) is 17.1 Å². The first-order valence-corrected chi connectivity index (χ1v) is 9.44. The van der Waals surface area contributed by atoms with Gasteiger partial charge >= 0.3 is 0 Å². The molecular weight excluding hydrogens is 376 g/mol. The lowest BCUT2D eigenvalue weighted by Crippen LogP contribution is -2.30. The zero-order valence-electron chi connectivity index (χ0n) is 15.1. The maximum absolute atomic E-state index is 12.4. The molecule has 1 unspecified atom stereocenters. The fourth-order valence-electron chi connectivity index (χ4n) is 3.29. The van der Waals surface area contributed by atoms with Gasteiger partial charge in [0.05, 0.1) is 12.6 Å². The van der Waals surface area contributed by atoms with E-state index in [-0.39, 0.29) is 18.2 Å². The molecule has 6 nitrogen and oxygen atoms in total. The van der Waals surface area contributed by atoms with Crippen molar-refractivity contribution in [2.24, 2.45) is 0 Å². The lowest BCUT2D eigenvalue weighted by Gasteiger charge is -2.10. The number of halogens is 1. The first-order valence-electron chi connectivity index (χ1n) is 9.07. The fourth-order valence-corrected chi connectivity index (χ4v) is 3.42. The zero-order chi connectivity index (χ0) is 19.5. The van der Waals surface area contributed by atoms with E-state index in [1.807, 2.05) is 42.5 Å². The molecule has 0 bridgehead atoms. The van der Waals surface area contributed by atoms with E-state index in [0.29, 0.717) is 17.4 Å². The van der Waals surface area contributed by atoms with Gasteiger partial charge in [-0.15, -0.1) is 0 Å². The standard InChI is InChI=1S/C21H19ClN4O2/c22-16-8-6-15(7-9-16)17-13-24-26-18(21(28)25-20(17)26)12-19(27)23-11-10-14-4-2-1-3-5-14/h1-9,13,18H,10-12H2,(H,23,27)(H,25,28). The Morgan fingerprint density at radius 2 is 1.89 bits per heavy atom. The van der Waals surface area contributed by atoms with Crippen LogP contribution in [0.4, 0.5) is 5.82 Å². The van der Waals surface area contributed by atoms with Gasteiger partial charge in [-0.2, -0.15) is 5.10 Å². The van der Waals surface area contributed by atoms with Crippen LogP contribution in [0.1, 0.15) is 18.0 Å². The van der Waals surface area contributed by atoms with Crippen molar-refractivity contribution < 1.29 is 9.59 Å². The Bertz CT molecular complexity index is 999. The van der Waals surface area contributed by atoms with Crippen molar-refractivity contribution >= 4 is 29.2 Å². The van der Waals surface area contributed by atoms with Gasteiger partial charge in [0.1, 0.15) is 11.9 Å². The minimum Gasteiger partial charge on any atom is -0.356 e. The molecule has 0 radical (unpaired) electrons. The molecule has 0 saturated carbocycles. The first-order chi connectivity index (χ1) is 13.6. The number of nitrogens with zero attached hydrogens (tertiary/aromatic N) is 2. The highest BCUT2D eigenvalue weighted by molar-refractivity contribution is 6.30. The minimum absolute atomic E-state index is 0.0510. The van der Waals surface area contributed by atoms with Gasteiger partial charge in [0.25, 0.3) is 5.91 Å². The van der Waals surface area contributed by atoms with Crippen LogP contribution in [-0.4, -0.2) is 28.1 Å². The Kier molecular flexibility index (Phi) is 5.12. The van der Waals surface area contributed by atoms with Crippen molar-refractivity contribution in [3.05, 3.63) is 71.4 Å². The molecule has 3 aromatic rings. The zero-order valence-corrected chi connectivity index (χ0v) is 15.8. The maximum Gasteiger partial charge on any atom is 0.251 e. The summed E-state index contributed by atoms with van der Waals surface area (Å²) in [7, 11) is 0. The summed E-state index contributed by atoms with van der Waals surface area (Å²) in [6.45, 7) is 0.527. The number of carbonyl (C=O) groups is 2. The summed E-state index contributed by atoms with van der Waals surface area (Å²) >= 11 is 5.94. The second-order valence-corrected chi connectivity index (χ2v) is 7.09. The van der Waals surface area contributed by atoms with Gasteiger partial charge in [0.2, 0.25) is 5.91 Å². The Morgan fingerprint density at radius 1 is 1.14 bits per heavy atom. The third-order valence-corrected chi connectivity index (χ3v) is 5.00. The quantitative estimate of drug-likeness (QED) is 0.672. The highest BCUT2D eigenvalue weighted by atomic mass is 35.5. The Labute approximate surface area is 167 Å². The summed E-state index contributed by atoms with van der Waals surface area (Å²) in [5.41, 5.74) is 2.86. The summed E-state index contributed by atoms with van der Waals surface area (Å²) in [6, 6.07) is 16.6. The van der Waals surface area contributed by atoms with Crippen LogP contribution in [0.2, 0.25) is 5.02 Å². The predicted octanol–water partition coefficient (Wildman–Crippen LogP) is 3.45. The smallest absolute Gasteiger partial charge is 0.251 e. The molecule has 1 aliphatic rings. The third-order valence-electron chi connectivity index (χ3n) is 4.75. The van der Waals surface area contributed by atoms with Crippen molar-refractivity contribution in [1.29, 1.82) is 0 Å². The molecule has 2 heterocycles. The highest BCUT2D eigenvalue weighted by Crippen LogP contribution is 2.35. The van der Waals surface area contributed by atoms with Crippen LogP contribution >= 0.6 is 11.6 Å². The van der Waals surface area contributed by atoms with Crippen molar-refractivity contribution in [2.75, 3.05) is 11.9 Å². The molecule has 7 heteroatoms. The summed E-state index contributed by atoms with van der Waals surface area (Å²) < 4.78 is 1.59. The van der Waals surface area contributed by atoms with Crippen LogP contribution in [0.15, 0.2) is 60.8 Å². The molecule has 2 N–H and O–H groups in total. The number of carbonyl (C=O) groups excluding carboxylic acids is 2. The first kappa shape index (κ1) is 18.3. The number of benzene rings is 2. The summed E-state index contributed by atoms with van der Waals surface area (Å²) in [6.07, 6.45) is 2.49. The van der Waals surface area contributed by atoms with Crippen LogP contribution < -0.4 is 10.6 Å². The predicted molar refractivity (Wildman–Crippen MR) is 108 cm³/mol. The van der Waals surface area contributed by atoms with E-state index >= 15 is 0 Å². The SMILES string of the molecule is O=C(CC1C(=O)Nc2c(-c3ccc(Cl)cc3)cnn21)NCCc1ccccc1. The van der Waals surface area contributed by atoms with Crippen LogP contribution in [0.5, 0.6) is 0 Å². The average Bonchev–Trinajstić information content (AvgIpc) is 3.23. The number of fused-ring (bicyclic) bond motifs is 1. The second-order valence-electron chi connectivity index (χ2n) is 6.65. The number of aromatic nitrogens is 2. The molecule has 28 heavy (non-hydrogen) atoms. The lowest BCUT2D eigenvalue weighted by molar-refractivity contribution is -0.126. The van der Waals surface area contributed by atoms with Crippen LogP contribution in [0, 0.1) is 0 Å². The molecule has 4 rings (SSSR count). The Hall–Kier alpha value is -3.12. The lowest BCUT2D eigenvalue weighted by atomic mass is 10.1. The molecule has 2 amide bonds. The van der Waals surface area contributed by atoms with E-state index < -0.39 is 6.04 Å². The molecule has 0 saturated heterocycles. The average molecular weight is 395 g/mol. The molecule has 0 aliphatic carbocycles. The summed E-state index contributed by atoms with van der Waals surface area (Å²) in [5, 5.41) is 10.7. The van der Waals surface area contributed by atoms with Crippen LogP contribution in [-0.2, 0) is 16.0 Å². The fraction of sp³-hybridized carbons (Fsp3) is 0.190. The molecule has 142 valence electrons. The molecule has 1 aliphatic heterocycles. The summed E-state index contributed by atoms with van der Waals surface area (Å²) in [4.78, 5) is 24.7. The van der Waals surface area contributed by atoms with Gasteiger partial charge < -0.3 is 10.6 Å². The molecule has 0 fully saturated rings.